The lowest BCUT2D eigenvalue weighted by molar-refractivity contribution is -0.133. The zero-order valence-electron chi connectivity index (χ0n) is 14.0. The average molecular weight is 321 g/mol. The molecule has 23 heavy (non-hydrogen) atoms. The number of hydrogen-bond donors (Lipinski definition) is 0. The van der Waals surface area contributed by atoms with Gasteiger partial charge in [-0.25, -0.2) is 0 Å². The van der Waals surface area contributed by atoms with Crippen LogP contribution in [-0.2, 0) is 17.8 Å². The number of carbonyl (C=O) groups excluding carboxylic acids is 1. The monoisotopic (exact) mass is 321 g/mol. The van der Waals surface area contributed by atoms with Crippen LogP contribution in [0.25, 0.3) is 0 Å². The minimum Gasteiger partial charge on any atom is -0.424 e. The summed E-state index contributed by atoms with van der Waals surface area (Å²) in [6, 6.07) is 0. The highest BCUT2D eigenvalue weighted by atomic mass is 16.4. The highest BCUT2D eigenvalue weighted by Crippen LogP contribution is 2.11. The van der Waals surface area contributed by atoms with Crippen LogP contribution in [0, 0.1) is 0 Å². The van der Waals surface area contributed by atoms with Crippen LogP contribution in [0.15, 0.2) is 4.42 Å². The number of carbonyl (C=O) groups is 1. The van der Waals surface area contributed by atoms with E-state index in [1.54, 1.807) is 0 Å². The summed E-state index contributed by atoms with van der Waals surface area (Å²) in [4.78, 5) is 18.9. The van der Waals surface area contributed by atoms with Crippen LogP contribution in [0.4, 0.5) is 0 Å². The van der Waals surface area contributed by atoms with Gasteiger partial charge in [-0.3, -0.25) is 14.6 Å². The zero-order valence-corrected chi connectivity index (χ0v) is 14.0. The second-order valence-electron chi connectivity index (χ2n) is 6.44. The topological polar surface area (TPSA) is 65.7 Å². The van der Waals surface area contributed by atoms with Crippen LogP contribution in [0.5, 0.6) is 0 Å². The van der Waals surface area contributed by atoms with E-state index in [4.69, 9.17) is 4.42 Å². The molecule has 0 aliphatic carbocycles. The maximum Gasteiger partial charge on any atom is 0.236 e. The Morgan fingerprint density at radius 3 is 2.26 bits per heavy atom. The summed E-state index contributed by atoms with van der Waals surface area (Å²) in [5, 5.41) is 8.08. The molecule has 3 heterocycles. The SMILES string of the molecule is CCc1nnc(CN2CCN(CC(=O)N3CCCCC3)CC2)o1. The molecule has 2 aliphatic heterocycles. The summed E-state index contributed by atoms with van der Waals surface area (Å²) >= 11 is 0. The van der Waals surface area contributed by atoms with Crippen LogP contribution >= 0.6 is 0 Å². The van der Waals surface area contributed by atoms with Crippen molar-refractivity contribution in [1.82, 2.24) is 24.9 Å². The summed E-state index contributed by atoms with van der Waals surface area (Å²) in [6.07, 6.45) is 4.35. The molecular weight excluding hydrogens is 294 g/mol. The number of amides is 1. The second kappa shape index (κ2) is 7.88. The van der Waals surface area contributed by atoms with E-state index in [-0.39, 0.29) is 0 Å². The number of rotatable bonds is 5. The molecular formula is C16H27N5O2. The van der Waals surface area contributed by atoms with Crippen molar-refractivity contribution < 1.29 is 9.21 Å². The van der Waals surface area contributed by atoms with Crippen LogP contribution in [0.3, 0.4) is 0 Å². The average Bonchev–Trinajstić information content (AvgIpc) is 3.05. The van der Waals surface area contributed by atoms with Crippen molar-refractivity contribution in [2.24, 2.45) is 0 Å². The van der Waals surface area contributed by atoms with E-state index in [0.717, 1.165) is 58.5 Å². The van der Waals surface area contributed by atoms with Crippen molar-refractivity contribution in [3.63, 3.8) is 0 Å². The first-order valence-electron chi connectivity index (χ1n) is 8.78. The van der Waals surface area contributed by atoms with E-state index in [9.17, 15) is 4.79 Å². The fourth-order valence-corrected chi connectivity index (χ4v) is 3.23. The summed E-state index contributed by atoms with van der Waals surface area (Å²) in [5.41, 5.74) is 0. The van der Waals surface area contributed by atoms with Gasteiger partial charge in [0.25, 0.3) is 0 Å². The number of aryl methyl sites for hydroxylation is 1. The fraction of sp³-hybridized carbons (Fsp3) is 0.812. The van der Waals surface area contributed by atoms with Crippen LogP contribution < -0.4 is 0 Å². The third kappa shape index (κ3) is 4.51. The van der Waals surface area contributed by atoms with E-state index in [1.807, 2.05) is 11.8 Å². The molecule has 2 saturated heterocycles. The Morgan fingerprint density at radius 1 is 0.957 bits per heavy atom. The van der Waals surface area contributed by atoms with Gasteiger partial charge in [0.05, 0.1) is 13.1 Å². The number of piperidine rings is 1. The minimum atomic E-state index is 0.294. The molecule has 0 unspecified atom stereocenters. The third-order valence-electron chi connectivity index (χ3n) is 4.70. The summed E-state index contributed by atoms with van der Waals surface area (Å²) in [6.45, 7) is 8.90. The first-order valence-corrected chi connectivity index (χ1v) is 8.78. The molecule has 0 aromatic carbocycles. The molecule has 3 rings (SSSR count). The lowest BCUT2D eigenvalue weighted by atomic mass is 10.1. The first kappa shape index (κ1) is 16.4. The zero-order chi connectivity index (χ0) is 16.1. The van der Waals surface area contributed by atoms with E-state index >= 15 is 0 Å². The molecule has 0 spiro atoms. The van der Waals surface area contributed by atoms with Crippen LogP contribution in [0.2, 0.25) is 0 Å². The van der Waals surface area contributed by atoms with Gasteiger partial charge in [0.15, 0.2) is 0 Å². The van der Waals surface area contributed by atoms with Gasteiger partial charge >= 0.3 is 0 Å². The Bertz CT molecular complexity index is 504. The second-order valence-corrected chi connectivity index (χ2v) is 6.44. The van der Waals surface area contributed by atoms with Crippen molar-refractivity contribution >= 4 is 5.91 Å². The Hall–Kier alpha value is -1.47. The fourth-order valence-electron chi connectivity index (χ4n) is 3.23. The van der Waals surface area contributed by atoms with E-state index in [0.29, 0.717) is 30.8 Å². The van der Waals surface area contributed by atoms with E-state index in [1.165, 1.54) is 6.42 Å². The Morgan fingerprint density at radius 2 is 1.61 bits per heavy atom. The molecule has 1 aromatic heterocycles. The van der Waals surface area contributed by atoms with Crippen molar-refractivity contribution in [1.29, 1.82) is 0 Å². The van der Waals surface area contributed by atoms with Crippen LogP contribution in [0.1, 0.15) is 38.0 Å². The van der Waals surface area contributed by atoms with Crippen molar-refractivity contribution in [3.05, 3.63) is 11.8 Å². The van der Waals surface area contributed by atoms with Gasteiger partial charge in [0.2, 0.25) is 17.7 Å². The molecule has 1 aromatic rings. The van der Waals surface area contributed by atoms with Crippen molar-refractivity contribution in [2.75, 3.05) is 45.8 Å². The standard InChI is InChI=1S/C16H27N5O2/c1-2-14-17-18-15(23-14)12-19-8-10-20(11-9-19)13-16(22)21-6-4-3-5-7-21/h2-13H2,1H3. The van der Waals surface area contributed by atoms with Gasteiger partial charge in [-0.1, -0.05) is 6.92 Å². The third-order valence-corrected chi connectivity index (χ3v) is 4.70. The molecule has 2 aliphatic rings. The van der Waals surface area contributed by atoms with Gasteiger partial charge in [-0.05, 0) is 19.3 Å². The molecule has 7 nitrogen and oxygen atoms in total. The molecule has 2 fully saturated rings. The molecule has 7 heteroatoms. The minimum absolute atomic E-state index is 0.294. The number of aromatic nitrogens is 2. The molecule has 1 amide bonds. The lowest BCUT2D eigenvalue weighted by Gasteiger charge is -2.35. The normalized spacial score (nSPS) is 20.8. The number of nitrogens with zero attached hydrogens (tertiary/aromatic N) is 5. The van der Waals surface area contributed by atoms with Crippen molar-refractivity contribution in [2.45, 2.75) is 39.2 Å². The number of hydrogen-bond acceptors (Lipinski definition) is 6. The highest BCUT2D eigenvalue weighted by molar-refractivity contribution is 5.78. The van der Waals surface area contributed by atoms with Gasteiger partial charge in [-0.15, -0.1) is 10.2 Å². The summed E-state index contributed by atoms with van der Waals surface area (Å²) in [5.74, 6) is 1.69. The Kier molecular flexibility index (Phi) is 5.61. The first-order chi connectivity index (χ1) is 11.2. The maximum atomic E-state index is 12.3. The Labute approximate surface area is 137 Å². The number of piperazine rings is 1. The van der Waals surface area contributed by atoms with Crippen LogP contribution in [-0.4, -0.2) is 76.6 Å². The highest BCUT2D eigenvalue weighted by Gasteiger charge is 2.23. The molecule has 0 N–H and O–H groups in total. The van der Waals surface area contributed by atoms with Crippen molar-refractivity contribution in [3.8, 4) is 0 Å². The predicted octanol–water partition coefficient (Wildman–Crippen LogP) is 0.762. The lowest BCUT2D eigenvalue weighted by Crippen LogP contribution is -2.50. The van der Waals surface area contributed by atoms with Gasteiger partial charge < -0.3 is 9.32 Å². The molecule has 0 atom stereocenters. The summed E-state index contributed by atoms with van der Waals surface area (Å²) < 4.78 is 5.57. The van der Waals surface area contributed by atoms with Gasteiger partial charge in [0, 0.05) is 45.7 Å². The summed E-state index contributed by atoms with van der Waals surface area (Å²) in [7, 11) is 0. The number of likely N-dealkylation sites (tertiary alicyclic amines) is 1. The molecule has 0 bridgehead atoms. The largest absolute Gasteiger partial charge is 0.424 e. The van der Waals surface area contributed by atoms with E-state index < -0.39 is 0 Å². The maximum absolute atomic E-state index is 12.3. The molecule has 128 valence electrons. The Balaban J connectivity index is 1.40. The van der Waals surface area contributed by atoms with Gasteiger partial charge in [-0.2, -0.15) is 0 Å². The smallest absolute Gasteiger partial charge is 0.236 e. The van der Waals surface area contributed by atoms with E-state index in [2.05, 4.69) is 20.0 Å². The molecule has 0 radical (unpaired) electrons. The quantitative estimate of drug-likeness (QED) is 0.798. The molecule has 0 saturated carbocycles. The predicted molar refractivity (Wildman–Crippen MR) is 85.8 cm³/mol. The van der Waals surface area contributed by atoms with Gasteiger partial charge in [0.1, 0.15) is 0 Å².